The number of rotatable bonds is 4. The molecule has 2 aromatic rings. The number of ether oxygens (including phenoxy) is 1. The maximum Gasteiger partial charge on any atom is 0.253 e. The Bertz CT molecular complexity index is 573. The molecule has 0 spiro atoms. The maximum absolute atomic E-state index is 11.9. The molecule has 94 valence electrons. The van der Waals surface area contributed by atoms with Crippen LogP contribution >= 0.6 is 0 Å². The highest BCUT2D eigenvalue weighted by Crippen LogP contribution is 2.09. The van der Waals surface area contributed by atoms with Crippen molar-refractivity contribution >= 4 is 0 Å². The minimum atomic E-state index is 0.0215. The first-order chi connectivity index (χ1) is 8.70. The fourth-order valence-corrected chi connectivity index (χ4v) is 1.71. The lowest BCUT2D eigenvalue weighted by molar-refractivity contribution is 0.338. The topological polar surface area (TPSA) is 44.1 Å². The molecule has 0 atom stereocenters. The molecular formula is C14H16N2O2. The number of aryl methyl sites for hydroxylation is 1. The van der Waals surface area contributed by atoms with E-state index in [1.165, 1.54) is 0 Å². The number of hydrogen-bond acceptors (Lipinski definition) is 3. The molecule has 0 aromatic carbocycles. The summed E-state index contributed by atoms with van der Waals surface area (Å²) in [5.74, 6) is 0.748. The lowest BCUT2D eigenvalue weighted by Gasteiger charge is -2.07. The molecule has 0 N–H and O–H groups in total. The summed E-state index contributed by atoms with van der Waals surface area (Å²) in [5.41, 5.74) is 1.60. The third-order valence-electron chi connectivity index (χ3n) is 2.65. The van der Waals surface area contributed by atoms with E-state index in [4.69, 9.17) is 4.74 Å². The minimum absolute atomic E-state index is 0.0215. The summed E-state index contributed by atoms with van der Waals surface area (Å²) in [7, 11) is 0. The fourth-order valence-electron chi connectivity index (χ4n) is 1.71. The molecule has 4 nitrogen and oxygen atoms in total. The lowest BCUT2D eigenvalue weighted by atomic mass is 10.3. The number of pyridine rings is 2. The summed E-state index contributed by atoms with van der Waals surface area (Å²) in [4.78, 5) is 16.1. The van der Waals surface area contributed by atoms with Crippen molar-refractivity contribution in [2.45, 2.75) is 20.4 Å². The van der Waals surface area contributed by atoms with Crippen molar-refractivity contribution in [1.29, 1.82) is 0 Å². The van der Waals surface area contributed by atoms with Crippen LogP contribution in [-0.2, 0) is 6.54 Å². The van der Waals surface area contributed by atoms with Crippen LogP contribution < -0.4 is 10.3 Å². The van der Waals surface area contributed by atoms with Gasteiger partial charge in [-0.25, -0.2) is 0 Å². The summed E-state index contributed by atoms with van der Waals surface area (Å²) in [6.45, 7) is 4.84. The smallest absolute Gasteiger partial charge is 0.253 e. The minimum Gasteiger partial charge on any atom is -0.492 e. The summed E-state index contributed by atoms with van der Waals surface area (Å²) in [6.07, 6.45) is 3.45. The van der Waals surface area contributed by atoms with Gasteiger partial charge in [-0.3, -0.25) is 9.78 Å². The van der Waals surface area contributed by atoms with Gasteiger partial charge in [0.15, 0.2) is 0 Å². The van der Waals surface area contributed by atoms with Crippen molar-refractivity contribution in [3.63, 3.8) is 0 Å². The molecule has 0 aliphatic rings. The van der Waals surface area contributed by atoms with Crippen LogP contribution in [0.15, 0.2) is 41.5 Å². The Morgan fingerprint density at radius 2 is 2.17 bits per heavy atom. The Labute approximate surface area is 106 Å². The Morgan fingerprint density at radius 1 is 1.33 bits per heavy atom. The Balaban J connectivity index is 2.18. The van der Waals surface area contributed by atoms with Crippen molar-refractivity contribution in [1.82, 2.24) is 9.55 Å². The molecule has 2 heterocycles. The monoisotopic (exact) mass is 244 g/mol. The van der Waals surface area contributed by atoms with Gasteiger partial charge in [-0.1, -0.05) is 6.07 Å². The van der Waals surface area contributed by atoms with E-state index in [-0.39, 0.29) is 5.56 Å². The first-order valence-corrected chi connectivity index (χ1v) is 5.94. The van der Waals surface area contributed by atoms with Crippen molar-refractivity contribution in [2.24, 2.45) is 0 Å². The average Bonchev–Trinajstić information content (AvgIpc) is 2.38. The zero-order valence-corrected chi connectivity index (χ0v) is 10.6. The van der Waals surface area contributed by atoms with Gasteiger partial charge in [-0.15, -0.1) is 0 Å². The second kappa shape index (κ2) is 5.49. The predicted octanol–water partition coefficient (Wildman–Crippen LogP) is 2.00. The fraction of sp³-hybridized carbons (Fsp3) is 0.286. The third-order valence-corrected chi connectivity index (χ3v) is 2.65. The lowest BCUT2D eigenvalue weighted by Crippen LogP contribution is -2.22. The summed E-state index contributed by atoms with van der Waals surface area (Å²) in [5, 5.41) is 0. The van der Waals surface area contributed by atoms with Crippen LogP contribution in [0.25, 0.3) is 0 Å². The van der Waals surface area contributed by atoms with E-state index >= 15 is 0 Å². The highest BCUT2D eigenvalue weighted by Gasteiger charge is 2.01. The molecule has 0 aliphatic heterocycles. The molecule has 18 heavy (non-hydrogen) atoms. The van der Waals surface area contributed by atoms with Crippen LogP contribution in [-0.4, -0.2) is 16.2 Å². The molecule has 2 rings (SSSR count). The SMILES string of the molecule is CCOc1ccc(Cn2cccc(C)c2=O)nc1. The first-order valence-electron chi connectivity index (χ1n) is 5.94. The predicted molar refractivity (Wildman–Crippen MR) is 69.9 cm³/mol. The molecule has 4 heteroatoms. The van der Waals surface area contributed by atoms with Crippen molar-refractivity contribution in [2.75, 3.05) is 6.61 Å². The largest absolute Gasteiger partial charge is 0.492 e. The van der Waals surface area contributed by atoms with Gasteiger partial charge in [0.1, 0.15) is 5.75 Å². The Hall–Kier alpha value is -2.10. The Morgan fingerprint density at radius 3 is 2.83 bits per heavy atom. The average molecular weight is 244 g/mol. The highest BCUT2D eigenvalue weighted by atomic mass is 16.5. The van der Waals surface area contributed by atoms with Crippen LogP contribution in [0.1, 0.15) is 18.2 Å². The van der Waals surface area contributed by atoms with Gasteiger partial charge >= 0.3 is 0 Å². The first kappa shape index (κ1) is 12.4. The zero-order valence-electron chi connectivity index (χ0n) is 10.6. The van der Waals surface area contributed by atoms with Gasteiger partial charge in [-0.05, 0) is 32.0 Å². The van der Waals surface area contributed by atoms with Crippen LogP contribution in [0, 0.1) is 6.92 Å². The van der Waals surface area contributed by atoms with Crippen LogP contribution in [0.3, 0.4) is 0 Å². The molecule has 0 fully saturated rings. The Kier molecular flexibility index (Phi) is 3.77. The highest BCUT2D eigenvalue weighted by molar-refractivity contribution is 5.20. The molecule has 0 unspecified atom stereocenters. The number of aromatic nitrogens is 2. The quantitative estimate of drug-likeness (QED) is 0.826. The molecule has 0 saturated heterocycles. The van der Waals surface area contributed by atoms with Crippen molar-refractivity contribution in [3.05, 3.63) is 58.3 Å². The molecule has 0 radical (unpaired) electrons. The molecule has 2 aromatic heterocycles. The molecule has 0 saturated carbocycles. The van der Waals surface area contributed by atoms with Gasteiger partial charge < -0.3 is 9.30 Å². The van der Waals surface area contributed by atoms with Gasteiger partial charge in [-0.2, -0.15) is 0 Å². The third kappa shape index (κ3) is 2.77. The number of hydrogen-bond donors (Lipinski definition) is 0. The van der Waals surface area contributed by atoms with E-state index in [9.17, 15) is 4.79 Å². The summed E-state index contributed by atoms with van der Waals surface area (Å²) < 4.78 is 6.97. The summed E-state index contributed by atoms with van der Waals surface area (Å²) >= 11 is 0. The molecule has 0 bridgehead atoms. The molecule has 0 amide bonds. The number of nitrogens with zero attached hydrogens (tertiary/aromatic N) is 2. The van der Waals surface area contributed by atoms with E-state index in [1.54, 1.807) is 17.0 Å². The maximum atomic E-state index is 11.9. The van der Waals surface area contributed by atoms with Crippen LogP contribution in [0.2, 0.25) is 0 Å². The molecule has 0 aliphatic carbocycles. The summed E-state index contributed by atoms with van der Waals surface area (Å²) in [6, 6.07) is 7.42. The van der Waals surface area contributed by atoms with E-state index in [0.29, 0.717) is 13.2 Å². The normalized spacial score (nSPS) is 10.3. The second-order valence-electron chi connectivity index (χ2n) is 4.04. The second-order valence-corrected chi connectivity index (χ2v) is 4.04. The van der Waals surface area contributed by atoms with Crippen LogP contribution in [0.5, 0.6) is 5.75 Å². The van der Waals surface area contributed by atoms with Crippen LogP contribution in [0.4, 0.5) is 0 Å². The van der Waals surface area contributed by atoms with Gasteiger partial charge in [0, 0.05) is 11.8 Å². The van der Waals surface area contributed by atoms with Gasteiger partial charge in [0.05, 0.1) is 25.0 Å². The standard InChI is InChI=1S/C14H16N2O2/c1-3-18-13-7-6-12(15-9-13)10-16-8-4-5-11(2)14(16)17/h4-9H,3,10H2,1-2H3. The van der Waals surface area contributed by atoms with E-state index in [2.05, 4.69) is 4.98 Å². The molecular weight excluding hydrogens is 228 g/mol. The van der Waals surface area contributed by atoms with E-state index in [0.717, 1.165) is 17.0 Å². The van der Waals surface area contributed by atoms with E-state index < -0.39 is 0 Å². The van der Waals surface area contributed by atoms with Gasteiger partial charge in [0.2, 0.25) is 0 Å². The van der Waals surface area contributed by atoms with Gasteiger partial charge in [0.25, 0.3) is 5.56 Å². The van der Waals surface area contributed by atoms with Crippen molar-refractivity contribution < 1.29 is 4.74 Å². The van der Waals surface area contributed by atoms with E-state index in [1.807, 2.05) is 38.1 Å². The zero-order chi connectivity index (χ0) is 13.0. The van der Waals surface area contributed by atoms with Crippen molar-refractivity contribution in [3.8, 4) is 5.75 Å².